The number of aromatic nitrogens is 1. The molecule has 13 heavy (non-hydrogen) atoms. The molecule has 5 nitrogen and oxygen atoms in total. The van der Waals surface area contributed by atoms with E-state index in [-0.39, 0.29) is 11.5 Å². The Balaban J connectivity index is 3.24. The van der Waals surface area contributed by atoms with Crippen LogP contribution < -0.4 is 5.43 Å². The van der Waals surface area contributed by atoms with Gasteiger partial charge in [-0.15, -0.1) is 0 Å². The minimum absolute atomic E-state index is 0.0106. The molecule has 0 aliphatic rings. The third-order valence-corrected chi connectivity index (χ3v) is 2.73. The molecule has 0 saturated carbocycles. The normalized spacial score (nSPS) is 11.5. The van der Waals surface area contributed by atoms with Crippen molar-refractivity contribution in [2.24, 2.45) is 0 Å². The zero-order valence-corrected chi connectivity index (χ0v) is 7.80. The second-order valence-corrected chi connectivity index (χ2v) is 3.82. The molecule has 0 bridgehead atoms. The molecular weight excluding hydrogens is 194 g/mol. The van der Waals surface area contributed by atoms with Gasteiger partial charge in [0.05, 0.1) is 6.61 Å². The molecule has 1 N–H and O–H groups in total. The van der Waals surface area contributed by atoms with Gasteiger partial charge in [-0.1, -0.05) is 0 Å². The summed E-state index contributed by atoms with van der Waals surface area (Å²) in [5, 5.41) is 0. The van der Waals surface area contributed by atoms with Crippen molar-refractivity contribution < 1.29 is 12.6 Å². The van der Waals surface area contributed by atoms with E-state index >= 15 is 0 Å². The standard InChI is InChI=1S/C7H9NO4S/c1-2-12-13(10,11)7-5-8-4-3-6(7)9/h3-5H,2H2,1H3,(H,8,9). The van der Waals surface area contributed by atoms with Gasteiger partial charge < -0.3 is 4.98 Å². The van der Waals surface area contributed by atoms with Gasteiger partial charge in [-0.2, -0.15) is 8.42 Å². The van der Waals surface area contributed by atoms with Crippen LogP contribution in [0.5, 0.6) is 0 Å². The fraction of sp³-hybridized carbons (Fsp3) is 0.286. The van der Waals surface area contributed by atoms with Crippen molar-refractivity contribution in [3.63, 3.8) is 0 Å². The lowest BCUT2D eigenvalue weighted by molar-refractivity contribution is 0.337. The summed E-state index contributed by atoms with van der Waals surface area (Å²) in [5.74, 6) is 0. The second kappa shape index (κ2) is 3.71. The SMILES string of the molecule is CCOS(=O)(=O)c1c[nH]ccc1=O. The van der Waals surface area contributed by atoms with E-state index in [1.165, 1.54) is 13.1 Å². The molecular formula is C7H9NO4S. The van der Waals surface area contributed by atoms with Crippen LogP contribution in [0.15, 0.2) is 28.2 Å². The van der Waals surface area contributed by atoms with E-state index in [1.54, 1.807) is 0 Å². The number of H-pyrrole nitrogens is 1. The Hall–Kier alpha value is -1.14. The first kappa shape index (κ1) is 9.94. The smallest absolute Gasteiger partial charge is 0.302 e. The first-order valence-corrected chi connectivity index (χ1v) is 5.05. The average Bonchev–Trinajstić information content (AvgIpc) is 2.04. The molecule has 72 valence electrons. The first-order chi connectivity index (χ1) is 6.08. The number of rotatable bonds is 3. The molecule has 0 atom stereocenters. The van der Waals surface area contributed by atoms with Gasteiger partial charge in [-0.3, -0.25) is 8.98 Å². The molecule has 0 saturated heterocycles. The van der Waals surface area contributed by atoms with Gasteiger partial charge in [0.15, 0.2) is 4.90 Å². The summed E-state index contributed by atoms with van der Waals surface area (Å²) in [5.41, 5.74) is -0.577. The van der Waals surface area contributed by atoms with E-state index in [1.807, 2.05) is 0 Å². The van der Waals surface area contributed by atoms with Crippen LogP contribution >= 0.6 is 0 Å². The van der Waals surface area contributed by atoms with Gasteiger partial charge in [0.25, 0.3) is 0 Å². The lowest BCUT2D eigenvalue weighted by Gasteiger charge is -2.00. The molecule has 0 spiro atoms. The van der Waals surface area contributed by atoms with Crippen LogP contribution in [-0.2, 0) is 14.3 Å². The number of hydrogen-bond donors (Lipinski definition) is 1. The Kier molecular flexibility index (Phi) is 2.84. The molecule has 6 heteroatoms. The van der Waals surface area contributed by atoms with Crippen LogP contribution in [0.3, 0.4) is 0 Å². The van der Waals surface area contributed by atoms with Crippen LogP contribution in [0.1, 0.15) is 6.92 Å². The molecule has 1 aromatic heterocycles. The molecule has 0 aliphatic carbocycles. The Bertz CT molecular complexity index is 434. The first-order valence-electron chi connectivity index (χ1n) is 3.64. The summed E-state index contributed by atoms with van der Waals surface area (Å²) in [6, 6.07) is 1.13. The highest BCUT2D eigenvalue weighted by Gasteiger charge is 2.17. The van der Waals surface area contributed by atoms with Crippen molar-refractivity contribution in [1.82, 2.24) is 4.98 Å². The summed E-state index contributed by atoms with van der Waals surface area (Å²) >= 11 is 0. The van der Waals surface area contributed by atoms with Gasteiger partial charge >= 0.3 is 10.1 Å². The Morgan fingerprint density at radius 3 is 2.77 bits per heavy atom. The average molecular weight is 203 g/mol. The second-order valence-electron chi connectivity index (χ2n) is 2.23. The molecule has 1 aromatic rings. The molecule has 0 aromatic carbocycles. The van der Waals surface area contributed by atoms with E-state index in [0.29, 0.717) is 0 Å². The number of nitrogens with one attached hydrogen (secondary N) is 1. The van der Waals surface area contributed by atoms with Crippen molar-refractivity contribution in [2.75, 3.05) is 6.61 Å². The molecule has 0 unspecified atom stereocenters. The van der Waals surface area contributed by atoms with E-state index < -0.39 is 15.5 Å². The highest BCUT2D eigenvalue weighted by atomic mass is 32.2. The maximum atomic E-state index is 11.2. The molecule has 1 heterocycles. The van der Waals surface area contributed by atoms with Gasteiger partial charge in [0, 0.05) is 18.5 Å². The predicted octanol–water partition coefficient (Wildman–Crippen LogP) is 0.100. The third kappa shape index (κ3) is 2.16. The molecule has 1 rings (SSSR count). The van der Waals surface area contributed by atoms with Crippen molar-refractivity contribution in [2.45, 2.75) is 11.8 Å². The highest BCUT2D eigenvalue weighted by molar-refractivity contribution is 7.86. The lowest BCUT2D eigenvalue weighted by atomic mass is 10.5. The van der Waals surface area contributed by atoms with E-state index in [2.05, 4.69) is 9.17 Å². The fourth-order valence-corrected chi connectivity index (χ4v) is 1.78. The summed E-state index contributed by atoms with van der Waals surface area (Å²) in [6.07, 6.45) is 2.46. The van der Waals surface area contributed by atoms with E-state index in [9.17, 15) is 13.2 Å². The maximum Gasteiger partial charge on any atom is 0.302 e. The third-order valence-electron chi connectivity index (χ3n) is 1.33. The van der Waals surface area contributed by atoms with Crippen LogP contribution in [0, 0.1) is 0 Å². The summed E-state index contributed by atoms with van der Waals surface area (Å²) < 4.78 is 26.9. The minimum atomic E-state index is -3.88. The molecule has 0 radical (unpaired) electrons. The Labute approximate surface area is 75.5 Å². The quantitative estimate of drug-likeness (QED) is 0.707. The van der Waals surface area contributed by atoms with Crippen LogP contribution in [0.25, 0.3) is 0 Å². The van der Waals surface area contributed by atoms with Crippen molar-refractivity contribution in [3.8, 4) is 0 Å². The molecule has 0 amide bonds. The summed E-state index contributed by atoms with van der Waals surface area (Å²) in [4.78, 5) is 13.2. The van der Waals surface area contributed by atoms with Crippen molar-refractivity contribution in [3.05, 3.63) is 28.7 Å². The molecule has 0 fully saturated rings. The molecule has 0 aliphatic heterocycles. The van der Waals surface area contributed by atoms with Crippen LogP contribution in [0.4, 0.5) is 0 Å². The summed E-state index contributed by atoms with van der Waals surface area (Å²) in [6.45, 7) is 1.55. The van der Waals surface area contributed by atoms with E-state index in [4.69, 9.17) is 0 Å². The Morgan fingerprint density at radius 1 is 1.54 bits per heavy atom. The van der Waals surface area contributed by atoms with Crippen LogP contribution in [0.2, 0.25) is 0 Å². The minimum Gasteiger partial charge on any atom is -0.366 e. The van der Waals surface area contributed by atoms with Crippen LogP contribution in [-0.4, -0.2) is 20.0 Å². The maximum absolute atomic E-state index is 11.2. The largest absolute Gasteiger partial charge is 0.366 e. The zero-order chi connectivity index (χ0) is 9.90. The monoisotopic (exact) mass is 203 g/mol. The van der Waals surface area contributed by atoms with Crippen molar-refractivity contribution in [1.29, 1.82) is 0 Å². The van der Waals surface area contributed by atoms with Crippen molar-refractivity contribution >= 4 is 10.1 Å². The fourth-order valence-electron chi connectivity index (χ4n) is 0.815. The van der Waals surface area contributed by atoms with Gasteiger partial charge in [-0.25, -0.2) is 0 Å². The predicted molar refractivity (Wildman–Crippen MR) is 45.9 cm³/mol. The summed E-state index contributed by atoms with van der Waals surface area (Å²) in [7, 11) is -3.88. The lowest BCUT2D eigenvalue weighted by Crippen LogP contribution is -2.16. The van der Waals surface area contributed by atoms with E-state index in [0.717, 1.165) is 12.3 Å². The Morgan fingerprint density at radius 2 is 2.23 bits per heavy atom. The highest BCUT2D eigenvalue weighted by Crippen LogP contribution is 2.04. The topological polar surface area (TPSA) is 76.2 Å². The van der Waals surface area contributed by atoms with Gasteiger partial charge in [-0.05, 0) is 6.92 Å². The number of hydrogen-bond acceptors (Lipinski definition) is 4. The number of pyridine rings is 1. The van der Waals surface area contributed by atoms with Gasteiger partial charge in [0.1, 0.15) is 0 Å². The van der Waals surface area contributed by atoms with Gasteiger partial charge in [0.2, 0.25) is 5.43 Å². The number of aromatic amines is 1. The zero-order valence-electron chi connectivity index (χ0n) is 6.98.